The minimum Gasteiger partial charge on any atom is -0.347 e. The highest BCUT2D eigenvalue weighted by atomic mass is 15.1. The van der Waals surface area contributed by atoms with E-state index in [2.05, 4.69) is 49.1 Å². The number of imidazole rings is 2. The first-order valence-electron chi connectivity index (χ1n) is 6.61. The van der Waals surface area contributed by atoms with Gasteiger partial charge in [-0.2, -0.15) is 0 Å². The lowest BCUT2D eigenvalue weighted by molar-refractivity contribution is 0.242. The third kappa shape index (κ3) is 3.33. The molecule has 0 aliphatic carbocycles. The van der Waals surface area contributed by atoms with Gasteiger partial charge in [0.15, 0.2) is 0 Å². The van der Waals surface area contributed by atoms with Crippen LogP contribution in [-0.2, 0) is 19.6 Å². The summed E-state index contributed by atoms with van der Waals surface area (Å²) in [6.07, 6.45) is 7.16. The van der Waals surface area contributed by atoms with Gasteiger partial charge in [-0.25, -0.2) is 9.97 Å². The van der Waals surface area contributed by atoms with Gasteiger partial charge in [-0.15, -0.1) is 0 Å². The molecule has 0 radical (unpaired) electrons. The predicted octanol–water partition coefficient (Wildman–Crippen LogP) is 2.34. The van der Waals surface area contributed by atoms with Gasteiger partial charge in [0.2, 0.25) is 0 Å². The molecule has 0 spiro atoms. The highest BCUT2D eigenvalue weighted by Crippen LogP contribution is 2.11. The van der Waals surface area contributed by atoms with Crippen molar-refractivity contribution in [1.29, 1.82) is 0 Å². The van der Waals surface area contributed by atoms with Crippen LogP contribution in [0.25, 0.3) is 0 Å². The zero-order valence-electron chi connectivity index (χ0n) is 11.2. The summed E-state index contributed by atoms with van der Waals surface area (Å²) in [5.41, 5.74) is 3.52. The van der Waals surface area contributed by atoms with Gasteiger partial charge in [0.1, 0.15) is 0 Å². The molecule has 0 amide bonds. The highest BCUT2D eigenvalue weighted by Gasteiger charge is 2.09. The number of hydrogen-bond acceptors (Lipinski definition) is 3. The molecular formula is C15H17N5. The predicted molar refractivity (Wildman–Crippen MR) is 76.6 cm³/mol. The lowest BCUT2D eigenvalue weighted by atomic mass is 10.2. The van der Waals surface area contributed by atoms with Crippen molar-refractivity contribution in [3.05, 3.63) is 72.3 Å². The number of H-pyrrole nitrogens is 2. The van der Waals surface area contributed by atoms with E-state index in [0.717, 1.165) is 31.0 Å². The Bertz CT molecular complexity index is 565. The largest absolute Gasteiger partial charge is 0.347 e. The second kappa shape index (κ2) is 6.16. The molecule has 2 aromatic heterocycles. The molecular weight excluding hydrogens is 250 g/mol. The number of benzene rings is 1. The average molecular weight is 267 g/mol. The van der Waals surface area contributed by atoms with Crippen LogP contribution in [0, 0.1) is 0 Å². The van der Waals surface area contributed by atoms with Crippen LogP contribution in [0.3, 0.4) is 0 Å². The fourth-order valence-corrected chi connectivity index (χ4v) is 2.23. The maximum absolute atomic E-state index is 4.08. The minimum atomic E-state index is 0.827. The van der Waals surface area contributed by atoms with Crippen LogP contribution in [0.4, 0.5) is 0 Å². The number of aromatic nitrogens is 4. The molecule has 0 aliphatic heterocycles. The smallest absolute Gasteiger partial charge is 0.0922 e. The molecule has 20 heavy (non-hydrogen) atoms. The van der Waals surface area contributed by atoms with Crippen LogP contribution in [0.2, 0.25) is 0 Å². The SMILES string of the molecule is c1ccc(CN(Cc2cnc[nH]2)Cc2cnc[nH]2)cc1. The molecule has 0 saturated carbocycles. The Morgan fingerprint density at radius 1 is 0.800 bits per heavy atom. The van der Waals surface area contributed by atoms with E-state index in [9.17, 15) is 0 Å². The van der Waals surface area contributed by atoms with Gasteiger partial charge in [0.25, 0.3) is 0 Å². The minimum absolute atomic E-state index is 0.827. The van der Waals surface area contributed by atoms with Crippen LogP contribution in [-0.4, -0.2) is 24.8 Å². The van der Waals surface area contributed by atoms with Crippen molar-refractivity contribution in [2.24, 2.45) is 0 Å². The van der Waals surface area contributed by atoms with E-state index < -0.39 is 0 Å². The highest BCUT2D eigenvalue weighted by molar-refractivity contribution is 5.15. The van der Waals surface area contributed by atoms with Gasteiger partial charge in [-0.1, -0.05) is 30.3 Å². The lowest BCUT2D eigenvalue weighted by Gasteiger charge is -2.21. The summed E-state index contributed by atoms with van der Waals surface area (Å²) in [5.74, 6) is 0. The molecule has 5 heteroatoms. The maximum atomic E-state index is 4.08. The first-order valence-corrected chi connectivity index (χ1v) is 6.61. The first kappa shape index (κ1) is 12.6. The van der Waals surface area contributed by atoms with Crippen LogP contribution < -0.4 is 0 Å². The van der Waals surface area contributed by atoms with Crippen LogP contribution in [0.15, 0.2) is 55.4 Å². The van der Waals surface area contributed by atoms with Crippen molar-refractivity contribution in [2.45, 2.75) is 19.6 Å². The summed E-state index contributed by atoms with van der Waals surface area (Å²) >= 11 is 0. The second-order valence-electron chi connectivity index (χ2n) is 4.78. The quantitative estimate of drug-likeness (QED) is 0.720. The Balaban J connectivity index is 1.72. The van der Waals surface area contributed by atoms with Gasteiger partial charge in [-0.05, 0) is 5.56 Å². The van der Waals surface area contributed by atoms with E-state index >= 15 is 0 Å². The number of nitrogens with zero attached hydrogens (tertiary/aromatic N) is 3. The fraction of sp³-hybridized carbons (Fsp3) is 0.200. The molecule has 0 saturated heterocycles. The van der Waals surface area contributed by atoms with Crippen molar-refractivity contribution in [3.63, 3.8) is 0 Å². The lowest BCUT2D eigenvalue weighted by Crippen LogP contribution is -2.22. The Kier molecular flexibility index (Phi) is 3.89. The average Bonchev–Trinajstić information content (AvgIpc) is 3.13. The van der Waals surface area contributed by atoms with Crippen molar-refractivity contribution in [3.8, 4) is 0 Å². The number of aromatic amines is 2. The second-order valence-corrected chi connectivity index (χ2v) is 4.78. The summed E-state index contributed by atoms with van der Waals surface area (Å²) in [4.78, 5) is 16.8. The molecule has 0 fully saturated rings. The maximum Gasteiger partial charge on any atom is 0.0922 e. The van der Waals surface area contributed by atoms with Gasteiger partial charge >= 0.3 is 0 Å². The molecule has 0 unspecified atom stereocenters. The van der Waals surface area contributed by atoms with E-state index in [4.69, 9.17) is 0 Å². The summed E-state index contributed by atoms with van der Waals surface area (Å²) in [6.45, 7) is 2.54. The number of nitrogens with one attached hydrogen (secondary N) is 2. The van der Waals surface area contributed by atoms with E-state index in [0.29, 0.717) is 0 Å². The molecule has 0 atom stereocenters. The van der Waals surface area contributed by atoms with E-state index in [1.54, 1.807) is 12.7 Å². The first-order chi connectivity index (χ1) is 9.90. The number of rotatable bonds is 6. The van der Waals surface area contributed by atoms with Crippen molar-refractivity contribution >= 4 is 0 Å². The standard InChI is InChI=1S/C15H17N5/c1-2-4-13(5-3-1)8-20(9-14-6-16-11-18-14)10-15-7-17-12-19-15/h1-7,11-12H,8-10H2,(H,16,18)(H,17,19). The van der Waals surface area contributed by atoms with E-state index in [-0.39, 0.29) is 0 Å². The molecule has 0 bridgehead atoms. The van der Waals surface area contributed by atoms with Gasteiger partial charge < -0.3 is 9.97 Å². The Morgan fingerprint density at radius 2 is 1.40 bits per heavy atom. The van der Waals surface area contributed by atoms with Crippen LogP contribution in [0.5, 0.6) is 0 Å². The van der Waals surface area contributed by atoms with E-state index in [1.807, 2.05) is 18.5 Å². The Labute approximate surface area is 117 Å². The molecule has 2 heterocycles. The normalized spacial score (nSPS) is 11.1. The molecule has 2 N–H and O–H groups in total. The van der Waals surface area contributed by atoms with Gasteiger partial charge in [-0.3, -0.25) is 4.90 Å². The van der Waals surface area contributed by atoms with Crippen LogP contribution >= 0.6 is 0 Å². The summed E-state index contributed by atoms with van der Waals surface area (Å²) in [6, 6.07) is 10.5. The summed E-state index contributed by atoms with van der Waals surface area (Å²) in [5, 5.41) is 0. The van der Waals surface area contributed by atoms with Crippen molar-refractivity contribution in [1.82, 2.24) is 24.8 Å². The third-order valence-electron chi connectivity index (χ3n) is 3.15. The fourth-order valence-electron chi connectivity index (χ4n) is 2.23. The Hall–Kier alpha value is -2.40. The molecule has 3 aromatic rings. The summed E-state index contributed by atoms with van der Waals surface area (Å²) < 4.78 is 0. The van der Waals surface area contributed by atoms with Crippen LogP contribution in [0.1, 0.15) is 17.0 Å². The van der Waals surface area contributed by atoms with E-state index in [1.165, 1.54) is 5.56 Å². The zero-order chi connectivity index (χ0) is 13.6. The zero-order valence-corrected chi connectivity index (χ0v) is 11.2. The molecule has 5 nitrogen and oxygen atoms in total. The molecule has 102 valence electrons. The monoisotopic (exact) mass is 267 g/mol. The topological polar surface area (TPSA) is 60.6 Å². The van der Waals surface area contributed by atoms with Gasteiger partial charge in [0, 0.05) is 43.4 Å². The third-order valence-corrected chi connectivity index (χ3v) is 3.15. The summed E-state index contributed by atoms with van der Waals surface area (Å²) in [7, 11) is 0. The molecule has 0 aliphatic rings. The van der Waals surface area contributed by atoms with Crippen molar-refractivity contribution in [2.75, 3.05) is 0 Å². The van der Waals surface area contributed by atoms with Gasteiger partial charge in [0.05, 0.1) is 12.7 Å². The molecule has 3 rings (SSSR count). The van der Waals surface area contributed by atoms with Crippen molar-refractivity contribution < 1.29 is 0 Å². The molecule has 1 aromatic carbocycles. The number of hydrogen-bond donors (Lipinski definition) is 2. The Morgan fingerprint density at radius 3 is 1.90 bits per heavy atom.